The fourth-order valence-corrected chi connectivity index (χ4v) is 5.13. The van der Waals surface area contributed by atoms with Crippen molar-refractivity contribution in [3.05, 3.63) is 95.6 Å². The van der Waals surface area contributed by atoms with E-state index in [0.717, 1.165) is 30.4 Å². The Morgan fingerprint density at radius 2 is 1.76 bits per heavy atom. The van der Waals surface area contributed by atoms with Crippen molar-refractivity contribution in [3.63, 3.8) is 0 Å². The summed E-state index contributed by atoms with van der Waals surface area (Å²) in [5.41, 5.74) is -0.168. The van der Waals surface area contributed by atoms with Gasteiger partial charge in [-0.2, -0.15) is 18.4 Å². The highest BCUT2D eigenvalue weighted by atomic mass is 32.2. The molecule has 0 saturated heterocycles. The molecule has 42 heavy (non-hydrogen) atoms. The zero-order valence-electron chi connectivity index (χ0n) is 22.2. The van der Waals surface area contributed by atoms with Gasteiger partial charge in [0.1, 0.15) is 0 Å². The number of allylic oxidation sites excluding steroid dienone is 2. The fraction of sp³-hybridized carbons (Fsp3) is 0.207. The monoisotopic (exact) mass is 593 g/mol. The van der Waals surface area contributed by atoms with E-state index < -0.39 is 17.4 Å². The number of H-pyrrole nitrogens is 1. The summed E-state index contributed by atoms with van der Waals surface area (Å²) < 4.78 is 38.7. The number of carbonyl (C=O) groups is 2. The second-order valence-electron chi connectivity index (χ2n) is 9.50. The number of thioether (sulfide) groups is 1. The number of aromatic nitrogens is 4. The number of benzene rings is 3. The van der Waals surface area contributed by atoms with Crippen LogP contribution in [0.4, 0.5) is 35.3 Å². The number of amides is 3. The summed E-state index contributed by atoms with van der Waals surface area (Å²) in [5.74, 6) is -0.390. The number of halogens is 3. The van der Waals surface area contributed by atoms with Gasteiger partial charge in [-0.15, -0.1) is 5.10 Å². The Morgan fingerprint density at radius 1 is 0.976 bits per heavy atom. The standard InChI is InChI=1S/C29H26F3N7O2S/c30-29(31,32)42-25-8-4-7-23(17-25)33-28(41)39(24-15-13-21(14-16-24)20-5-2-1-3-6-20)18-19-9-11-22(12-10-19)26(40)34-27-35-37-38-36-27/h4-5,7-17H,1-3,6,18H2,(H,33,41)(H2,34,35,36,37,38,40). The molecule has 13 heteroatoms. The van der Waals surface area contributed by atoms with Crippen LogP contribution in [0.1, 0.15) is 47.2 Å². The van der Waals surface area contributed by atoms with Gasteiger partial charge in [0.05, 0.1) is 6.54 Å². The average Bonchev–Trinajstić information content (AvgIpc) is 3.49. The van der Waals surface area contributed by atoms with Crippen molar-refractivity contribution >= 4 is 46.6 Å². The molecular weight excluding hydrogens is 567 g/mol. The fourth-order valence-electron chi connectivity index (χ4n) is 4.53. The second kappa shape index (κ2) is 12.9. The SMILES string of the molecule is O=C(Nc1nn[nH]n1)c1ccc(CN(C(=O)Nc2cccc(SC(F)(F)F)c2)c2ccc(C3=CCCCC3)cc2)cc1. The van der Waals surface area contributed by atoms with Crippen LogP contribution in [0.15, 0.2) is 83.8 Å². The molecule has 3 N–H and O–H groups in total. The molecule has 9 nitrogen and oxygen atoms in total. The van der Waals surface area contributed by atoms with Crippen LogP contribution in [-0.2, 0) is 6.54 Å². The van der Waals surface area contributed by atoms with E-state index in [1.54, 1.807) is 24.3 Å². The van der Waals surface area contributed by atoms with Gasteiger partial charge in [0.15, 0.2) is 0 Å². The Morgan fingerprint density at radius 3 is 2.43 bits per heavy atom. The van der Waals surface area contributed by atoms with Gasteiger partial charge >= 0.3 is 11.5 Å². The molecule has 0 unspecified atom stereocenters. The quantitative estimate of drug-likeness (QED) is 0.185. The number of anilines is 3. The van der Waals surface area contributed by atoms with Gasteiger partial charge in [-0.1, -0.05) is 41.5 Å². The minimum absolute atomic E-state index is 0.0355. The molecule has 0 saturated carbocycles. The van der Waals surface area contributed by atoms with Crippen molar-refractivity contribution in [1.82, 2.24) is 20.6 Å². The summed E-state index contributed by atoms with van der Waals surface area (Å²) in [5, 5.41) is 18.3. The minimum atomic E-state index is -4.45. The summed E-state index contributed by atoms with van der Waals surface area (Å²) in [4.78, 5) is 27.5. The van der Waals surface area contributed by atoms with Gasteiger partial charge in [-0.3, -0.25) is 15.0 Å². The second-order valence-corrected chi connectivity index (χ2v) is 10.6. The van der Waals surface area contributed by atoms with Crippen LogP contribution in [0, 0.1) is 0 Å². The maximum Gasteiger partial charge on any atom is 0.446 e. The van der Waals surface area contributed by atoms with Crippen molar-refractivity contribution in [2.45, 2.75) is 42.6 Å². The Bertz CT molecular complexity index is 1560. The molecule has 3 aromatic carbocycles. The van der Waals surface area contributed by atoms with Gasteiger partial charge in [0.25, 0.3) is 11.9 Å². The third kappa shape index (κ3) is 7.75. The lowest BCUT2D eigenvalue weighted by Crippen LogP contribution is -2.34. The van der Waals surface area contributed by atoms with E-state index in [0.29, 0.717) is 11.3 Å². The van der Waals surface area contributed by atoms with Crippen molar-refractivity contribution < 1.29 is 22.8 Å². The van der Waals surface area contributed by atoms with Crippen LogP contribution in [0.2, 0.25) is 0 Å². The van der Waals surface area contributed by atoms with Crippen LogP contribution in [0.5, 0.6) is 0 Å². The Kier molecular flexibility index (Phi) is 8.86. The number of alkyl halides is 3. The lowest BCUT2D eigenvalue weighted by atomic mass is 9.93. The Labute approximate surface area is 243 Å². The van der Waals surface area contributed by atoms with E-state index in [4.69, 9.17) is 0 Å². The number of nitrogens with zero attached hydrogens (tertiary/aromatic N) is 4. The number of tetrazole rings is 1. The first-order valence-electron chi connectivity index (χ1n) is 13.1. The van der Waals surface area contributed by atoms with Crippen molar-refractivity contribution in [2.24, 2.45) is 0 Å². The number of carbonyl (C=O) groups excluding carboxylic acids is 2. The summed E-state index contributed by atoms with van der Waals surface area (Å²) >= 11 is -0.247. The molecular formula is C29H26F3N7O2S. The molecule has 5 rings (SSSR count). The maximum atomic E-state index is 13.5. The molecule has 0 spiro atoms. The Balaban J connectivity index is 1.36. The van der Waals surface area contributed by atoms with Crippen LogP contribution in [-0.4, -0.2) is 38.1 Å². The molecule has 0 radical (unpaired) electrons. The van der Waals surface area contributed by atoms with Gasteiger partial charge < -0.3 is 5.32 Å². The lowest BCUT2D eigenvalue weighted by Gasteiger charge is -2.24. The number of hydrogen-bond donors (Lipinski definition) is 3. The van der Waals surface area contributed by atoms with Crippen LogP contribution in [0.3, 0.4) is 0 Å². The third-order valence-corrected chi connectivity index (χ3v) is 7.25. The number of aromatic amines is 1. The number of rotatable bonds is 8. The maximum absolute atomic E-state index is 13.5. The molecule has 1 aliphatic carbocycles. The highest BCUT2D eigenvalue weighted by molar-refractivity contribution is 8.00. The van der Waals surface area contributed by atoms with Crippen LogP contribution < -0.4 is 15.5 Å². The van der Waals surface area contributed by atoms with Crippen molar-refractivity contribution in [3.8, 4) is 0 Å². The summed E-state index contributed by atoms with van der Waals surface area (Å²) in [6.07, 6.45) is 6.60. The summed E-state index contributed by atoms with van der Waals surface area (Å²) in [6.45, 7) is 0.137. The molecule has 216 valence electrons. The Hall–Kier alpha value is -4.65. The van der Waals surface area contributed by atoms with Crippen LogP contribution >= 0.6 is 11.8 Å². The molecule has 1 heterocycles. The first-order chi connectivity index (χ1) is 20.2. The molecule has 0 atom stereocenters. The molecule has 3 amide bonds. The van der Waals surface area contributed by atoms with Crippen molar-refractivity contribution in [2.75, 3.05) is 15.5 Å². The van der Waals surface area contributed by atoms with E-state index in [-0.39, 0.29) is 34.8 Å². The molecule has 0 aliphatic heterocycles. The van der Waals surface area contributed by atoms with Crippen LogP contribution in [0.25, 0.3) is 5.57 Å². The zero-order valence-corrected chi connectivity index (χ0v) is 23.0. The number of urea groups is 1. The molecule has 1 aromatic heterocycles. The predicted octanol–water partition coefficient (Wildman–Crippen LogP) is 7.26. The number of nitrogens with one attached hydrogen (secondary N) is 3. The van der Waals surface area contributed by atoms with Gasteiger partial charge in [-0.25, -0.2) is 4.79 Å². The predicted molar refractivity (Wildman–Crippen MR) is 155 cm³/mol. The largest absolute Gasteiger partial charge is 0.446 e. The average molecular weight is 594 g/mol. The van der Waals surface area contributed by atoms with E-state index in [2.05, 4.69) is 37.3 Å². The highest BCUT2D eigenvalue weighted by Gasteiger charge is 2.29. The molecule has 4 aromatic rings. The third-order valence-electron chi connectivity index (χ3n) is 6.53. The molecule has 1 aliphatic rings. The van der Waals surface area contributed by atoms with E-state index in [1.165, 1.54) is 41.2 Å². The first kappa shape index (κ1) is 28.9. The smallest absolute Gasteiger partial charge is 0.307 e. The van der Waals surface area contributed by atoms with E-state index in [1.807, 2.05) is 24.3 Å². The molecule has 0 fully saturated rings. The minimum Gasteiger partial charge on any atom is -0.307 e. The normalized spacial score (nSPS) is 13.3. The zero-order chi connectivity index (χ0) is 29.5. The van der Waals surface area contributed by atoms with Gasteiger partial charge in [0.2, 0.25) is 0 Å². The van der Waals surface area contributed by atoms with E-state index in [9.17, 15) is 22.8 Å². The topological polar surface area (TPSA) is 116 Å². The van der Waals surface area contributed by atoms with Crippen molar-refractivity contribution in [1.29, 1.82) is 0 Å². The molecule has 0 bridgehead atoms. The van der Waals surface area contributed by atoms with E-state index >= 15 is 0 Å². The first-order valence-corrected chi connectivity index (χ1v) is 13.9. The van der Waals surface area contributed by atoms with Gasteiger partial charge in [-0.05, 0) is 102 Å². The lowest BCUT2D eigenvalue weighted by molar-refractivity contribution is -0.0328. The summed E-state index contributed by atoms with van der Waals surface area (Å²) in [7, 11) is 0. The summed E-state index contributed by atoms with van der Waals surface area (Å²) in [6, 6.07) is 19.4. The van der Waals surface area contributed by atoms with Gasteiger partial charge in [0, 0.05) is 21.8 Å². The number of hydrogen-bond acceptors (Lipinski definition) is 6. The highest BCUT2D eigenvalue weighted by Crippen LogP contribution is 2.37.